The molecule has 3 unspecified atom stereocenters. The Labute approximate surface area is 80.8 Å². The molecule has 0 aromatic rings. The quantitative estimate of drug-likeness (QED) is 0.613. The van der Waals surface area contributed by atoms with Crippen LogP contribution in [0, 0.1) is 17.3 Å². The van der Waals surface area contributed by atoms with Crippen LogP contribution in [-0.4, -0.2) is 9.70 Å². The summed E-state index contributed by atoms with van der Waals surface area (Å²) in [5, 5.41) is 0.386. The molecule has 0 aromatic carbocycles. The summed E-state index contributed by atoms with van der Waals surface area (Å²) < 4.78 is 0.527. The van der Waals surface area contributed by atoms with Crippen LogP contribution in [-0.2, 0) is 0 Å². The van der Waals surface area contributed by atoms with Crippen molar-refractivity contribution < 1.29 is 0 Å². The van der Waals surface area contributed by atoms with Gasteiger partial charge in [0.1, 0.15) is 0 Å². The molecular formula is C9H12BrCl. The van der Waals surface area contributed by atoms with E-state index in [1.807, 2.05) is 0 Å². The zero-order chi connectivity index (χ0) is 7.85. The van der Waals surface area contributed by atoms with Gasteiger partial charge in [0.05, 0.1) is 0 Å². The Hall–Kier alpha value is 0.770. The molecule has 11 heavy (non-hydrogen) atoms. The molecule has 0 N–H and O–H groups in total. The minimum Gasteiger partial charge on any atom is -0.123 e. The van der Waals surface area contributed by atoms with Gasteiger partial charge < -0.3 is 0 Å². The van der Waals surface area contributed by atoms with Crippen molar-refractivity contribution in [2.45, 2.75) is 35.9 Å². The first-order valence-corrected chi connectivity index (χ1v) is 5.72. The van der Waals surface area contributed by atoms with Gasteiger partial charge in [-0.25, -0.2) is 0 Å². The molecule has 0 amide bonds. The summed E-state index contributed by atoms with van der Waals surface area (Å²) in [5.74, 6) is 1.86. The summed E-state index contributed by atoms with van der Waals surface area (Å²) in [6.07, 6.45) is 4.27. The van der Waals surface area contributed by atoms with E-state index in [1.54, 1.807) is 0 Å². The van der Waals surface area contributed by atoms with E-state index in [0.717, 1.165) is 11.8 Å². The van der Waals surface area contributed by atoms with E-state index in [0.29, 0.717) is 15.1 Å². The van der Waals surface area contributed by atoms with Crippen LogP contribution in [0.25, 0.3) is 0 Å². The highest BCUT2D eigenvalue weighted by atomic mass is 79.9. The standard InChI is InChI=1S/C9H12BrCl/c1-5(11)8-6-3-2-4-7(8)9(6,8)10/h5-7H,2-4H2,1H3. The summed E-state index contributed by atoms with van der Waals surface area (Å²) in [7, 11) is 0. The average Bonchev–Trinajstić information content (AvgIpc) is 2.75. The minimum absolute atomic E-state index is 0.386. The fourth-order valence-electron chi connectivity index (χ4n) is 3.84. The Morgan fingerprint density at radius 3 is 2.27 bits per heavy atom. The van der Waals surface area contributed by atoms with Crippen LogP contribution in [0.15, 0.2) is 0 Å². The molecule has 0 saturated heterocycles. The van der Waals surface area contributed by atoms with Crippen molar-refractivity contribution in [2.24, 2.45) is 17.3 Å². The molecule has 62 valence electrons. The van der Waals surface area contributed by atoms with Gasteiger partial charge in [-0.3, -0.25) is 0 Å². The fraction of sp³-hybridized carbons (Fsp3) is 1.00. The summed E-state index contributed by atoms with van der Waals surface area (Å²) in [6.45, 7) is 2.17. The fourth-order valence-corrected chi connectivity index (χ4v) is 6.34. The lowest BCUT2D eigenvalue weighted by molar-refractivity contribution is 0.275. The molecule has 0 spiro atoms. The molecule has 3 aliphatic rings. The highest BCUT2D eigenvalue weighted by Gasteiger charge is 2.97. The lowest BCUT2D eigenvalue weighted by Crippen LogP contribution is -2.23. The van der Waals surface area contributed by atoms with Gasteiger partial charge in [-0.15, -0.1) is 11.6 Å². The van der Waals surface area contributed by atoms with E-state index in [4.69, 9.17) is 11.6 Å². The molecule has 3 saturated carbocycles. The van der Waals surface area contributed by atoms with Gasteiger partial charge in [-0.05, 0) is 31.6 Å². The van der Waals surface area contributed by atoms with Crippen LogP contribution in [0.1, 0.15) is 26.2 Å². The van der Waals surface area contributed by atoms with Crippen molar-refractivity contribution in [3.05, 3.63) is 0 Å². The normalized spacial score (nSPS) is 66.8. The molecule has 0 heterocycles. The number of fused-ring (bicyclic) bond motifs is 2. The molecular weight excluding hydrogens is 223 g/mol. The monoisotopic (exact) mass is 234 g/mol. The van der Waals surface area contributed by atoms with Crippen LogP contribution in [0.4, 0.5) is 0 Å². The van der Waals surface area contributed by atoms with Crippen LogP contribution in [0.5, 0.6) is 0 Å². The van der Waals surface area contributed by atoms with Gasteiger partial charge in [0.2, 0.25) is 0 Å². The van der Waals surface area contributed by atoms with Crippen molar-refractivity contribution in [1.82, 2.24) is 0 Å². The zero-order valence-corrected chi connectivity index (χ0v) is 8.95. The van der Waals surface area contributed by atoms with Crippen LogP contribution < -0.4 is 0 Å². The topological polar surface area (TPSA) is 0 Å². The molecule has 3 aliphatic carbocycles. The van der Waals surface area contributed by atoms with E-state index in [2.05, 4.69) is 22.9 Å². The second-order valence-corrected chi connectivity index (χ2v) is 6.32. The SMILES string of the molecule is CC(Cl)C12C3CCCC1C32Br. The van der Waals surface area contributed by atoms with Gasteiger partial charge in [0.15, 0.2) is 0 Å². The van der Waals surface area contributed by atoms with Crippen LogP contribution >= 0.6 is 27.5 Å². The van der Waals surface area contributed by atoms with Crippen LogP contribution in [0.3, 0.4) is 0 Å². The lowest BCUT2D eigenvalue weighted by atomic mass is 9.81. The summed E-state index contributed by atoms with van der Waals surface area (Å²) in [4.78, 5) is 0. The molecule has 0 radical (unpaired) electrons. The Balaban J connectivity index is 1.95. The van der Waals surface area contributed by atoms with E-state index < -0.39 is 0 Å². The summed E-state index contributed by atoms with van der Waals surface area (Å²) in [6, 6.07) is 0. The van der Waals surface area contributed by atoms with Gasteiger partial charge in [-0.2, -0.15) is 0 Å². The zero-order valence-electron chi connectivity index (χ0n) is 6.61. The third-order valence-corrected chi connectivity index (χ3v) is 6.46. The maximum Gasteiger partial charge on any atom is 0.0403 e. The number of halogens is 2. The average molecular weight is 236 g/mol. The van der Waals surface area contributed by atoms with Crippen molar-refractivity contribution in [1.29, 1.82) is 0 Å². The second kappa shape index (κ2) is 1.68. The maximum atomic E-state index is 6.22. The van der Waals surface area contributed by atoms with E-state index >= 15 is 0 Å². The van der Waals surface area contributed by atoms with Gasteiger partial charge in [-0.1, -0.05) is 22.4 Å². The summed E-state index contributed by atoms with van der Waals surface area (Å²) in [5.41, 5.74) is 0.548. The maximum absolute atomic E-state index is 6.22. The molecule has 0 aromatic heterocycles. The predicted molar refractivity (Wildman–Crippen MR) is 50.2 cm³/mol. The van der Waals surface area contributed by atoms with Crippen molar-refractivity contribution >= 4 is 27.5 Å². The molecule has 3 atom stereocenters. The van der Waals surface area contributed by atoms with E-state index in [9.17, 15) is 0 Å². The van der Waals surface area contributed by atoms with Crippen molar-refractivity contribution in [3.63, 3.8) is 0 Å². The second-order valence-electron chi connectivity index (χ2n) is 4.35. The Bertz CT molecular complexity index is 212. The number of hydrogen-bond acceptors (Lipinski definition) is 0. The third-order valence-electron chi connectivity index (χ3n) is 4.31. The third kappa shape index (κ3) is 0.475. The molecule has 3 rings (SSSR count). The first-order chi connectivity index (χ1) is 5.16. The van der Waals surface area contributed by atoms with Crippen LogP contribution in [0.2, 0.25) is 0 Å². The highest BCUT2D eigenvalue weighted by molar-refractivity contribution is 9.10. The van der Waals surface area contributed by atoms with Gasteiger partial charge >= 0.3 is 0 Å². The van der Waals surface area contributed by atoms with Gasteiger partial charge in [0, 0.05) is 15.1 Å². The predicted octanol–water partition coefficient (Wildman–Crippen LogP) is 3.18. The molecule has 0 aliphatic heterocycles. The molecule has 2 heteroatoms. The number of rotatable bonds is 1. The number of alkyl halides is 2. The molecule has 0 nitrogen and oxygen atoms in total. The Morgan fingerprint density at radius 2 is 2.00 bits per heavy atom. The Kier molecular flexibility index (Phi) is 1.10. The number of hydrogen-bond donors (Lipinski definition) is 0. The molecule has 3 fully saturated rings. The largest absolute Gasteiger partial charge is 0.123 e. The summed E-state index contributed by atoms with van der Waals surface area (Å²) >= 11 is 10.1. The van der Waals surface area contributed by atoms with Crippen molar-refractivity contribution in [3.8, 4) is 0 Å². The van der Waals surface area contributed by atoms with Crippen molar-refractivity contribution in [2.75, 3.05) is 0 Å². The van der Waals surface area contributed by atoms with E-state index in [1.165, 1.54) is 19.3 Å². The lowest BCUT2D eigenvalue weighted by Gasteiger charge is -2.27. The van der Waals surface area contributed by atoms with Gasteiger partial charge in [0.25, 0.3) is 0 Å². The van der Waals surface area contributed by atoms with E-state index in [-0.39, 0.29) is 0 Å². The highest BCUT2D eigenvalue weighted by Crippen LogP contribution is 2.96. The minimum atomic E-state index is 0.386. The smallest absolute Gasteiger partial charge is 0.0403 e. The molecule has 0 bridgehead atoms. The first-order valence-electron chi connectivity index (χ1n) is 4.49. The first kappa shape index (κ1) is 7.20. The Morgan fingerprint density at radius 1 is 1.45 bits per heavy atom.